The summed E-state index contributed by atoms with van der Waals surface area (Å²) in [5, 5.41) is 0. The van der Waals surface area contributed by atoms with Crippen molar-refractivity contribution in [2.45, 2.75) is 25.8 Å². The molecular weight excluding hydrogens is 162 g/mol. The summed E-state index contributed by atoms with van der Waals surface area (Å²) in [5.41, 5.74) is 7.13. The van der Waals surface area contributed by atoms with E-state index in [4.69, 9.17) is 10.5 Å². The molecule has 2 heteroatoms. The second-order valence-corrected chi connectivity index (χ2v) is 3.17. The molecule has 13 heavy (non-hydrogen) atoms. The third-order valence-electron chi connectivity index (χ3n) is 2.12. The Labute approximate surface area is 79.7 Å². The van der Waals surface area contributed by atoms with Crippen LogP contribution in [0.4, 0.5) is 0 Å². The van der Waals surface area contributed by atoms with Crippen molar-refractivity contribution in [1.29, 1.82) is 0 Å². The maximum atomic E-state index is 5.97. The van der Waals surface area contributed by atoms with Gasteiger partial charge in [-0.1, -0.05) is 25.5 Å². The summed E-state index contributed by atoms with van der Waals surface area (Å²) in [6, 6.07) is 8.09. The van der Waals surface area contributed by atoms with Gasteiger partial charge in [-0.25, -0.2) is 0 Å². The first kappa shape index (κ1) is 10.1. The average Bonchev–Trinajstić information content (AvgIpc) is 2.18. The van der Waals surface area contributed by atoms with Crippen molar-refractivity contribution >= 4 is 0 Å². The zero-order chi connectivity index (χ0) is 9.68. The van der Waals surface area contributed by atoms with Crippen LogP contribution in [-0.2, 0) is 0 Å². The van der Waals surface area contributed by atoms with Crippen LogP contribution in [0.2, 0.25) is 0 Å². The molecule has 0 fully saturated rings. The Bertz CT molecular complexity index is 260. The van der Waals surface area contributed by atoms with Gasteiger partial charge < -0.3 is 10.5 Å². The van der Waals surface area contributed by atoms with E-state index in [1.54, 1.807) is 7.11 Å². The second-order valence-electron chi connectivity index (χ2n) is 3.17. The Hall–Kier alpha value is -1.02. The largest absolute Gasteiger partial charge is 0.497 e. The Kier molecular flexibility index (Phi) is 3.77. The summed E-state index contributed by atoms with van der Waals surface area (Å²) in [4.78, 5) is 0. The molecule has 0 saturated carbocycles. The highest BCUT2D eigenvalue weighted by Crippen LogP contribution is 2.20. The molecule has 1 aromatic carbocycles. The van der Waals surface area contributed by atoms with Gasteiger partial charge in [0.15, 0.2) is 0 Å². The molecule has 0 aliphatic heterocycles. The summed E-state index contributed by atoms with van der Waals surface area (Å²) >= 11 is 0. The van der Waals surface area contributed by atoms with Crippen LogP contribution >= 0.6 is 0 Å². The van der Waals surface area contributed by atoms with Crippen LogP contribution in [0.5, 0.6) is 5.75 Å². The van der Waals surface area contributed by atoms with E-state index in [0.717, 1.165) is 24.2 Å². The predicted molar refractivity (Wildman–Crippen MR) is 54.8 cm³/mol. The Morgan fingerprint density at radius 1 is 1.46 bits per heavy atom. The van der Waals surface area contributed by atoms with Crippen molar-refractivity contribution in [1.82, 2.24) is 0 Å². The van der Waals surface area contributed by atoms with Crippen molar-refractivity contribution in [3.63, 3.8) is 0 Å². The van der Waals surface area contributed by atoms with Crippen molar-refractivity contribution in [2.75, 3.05) is 7.11 Å². The van der Waals surface area contributed by atoms with Crippen molar-refractivity contribution in [3.8, 4) is 5.75 Å². The lowest BCUT2D eigenvalue weighted by molar-refractivity contribution is 0.413. The predicted octanol–water partition coefficient (Wildman–Crippen LogP) is 2.50. The summed E-state index contributed by atoms with van der Waals surface area (Å²) in [6.07, 6.45) is 2.13. The molecule has 72 valence electrons. The van der Waals surface area contributed by atoms with Crippen LogP contribution < -0.4 is 10.5 Å². The van der Waals surface area contributed by atoms with E-state index in [0.29, 0.717) is 0 Å². The standard InChI is InChI=1S/C11H17NO/c1-3-5-11(12)9-6-4-7-10(8-9)13-2/h4,6-8,11H,3,5,12H2,1-2H3/t11-/m0/s1. The fourth-order valence-electron chi connectivity index (χ4n) is 1.35. The van der Waals surface area contributed by atoms with Gasteiger partial charge in [0.2, 0.25) is 0 Å². The molecule has 0 aliphatic carbocycles. The Morgan fingerprint density at radius 2 is 2.23 bits per heavy atom. The highest BCUT2D eigenvalue weighted by molar-refractivity contribution is 5.30. The van der Waals surface area contributed by atoms with Gasteiger partial charge in [-0.3, -0.25) is 0 Å². The molecule has 0 saturated heterocycles. The first-order chi connectivity index (χ1) is 6.27. The minimum atomic E-state index is 0.139. The number of ether oxygens (including phenoxy) is 1. The van der Waals surface area contributed by atoms with Gasteiger partial charge in [-0.2, -0.15) is 0 Å². The highest BCUT2D eigenvalue weighted by atomic mass is 16.5. The molecule has 0 heterocycles. The van der Waals surface area contributed by atoms with Crippen molar-refractivity contribution in [3.05, 3.63) is 29.8 Å². The number of rotatable bonds is 4. The molecule has 0 aliphatic rings. The van der Waals surface area contributed by atoms with Crippen LogP contribution in [-0.4, -0.2) is 7.11 Å². The Balaban J connectivity index is 2.75. The van der Waals surface area contributed by atoms with E-state index in [9.17, 15) is 0 Å². The third kappa shape index (κ3) is 2.74. The molecule has 1 atom stereocenters. The van der Waals surface area contributed by atoms with Crippen LogP contribution in [0.3, 0.4) is 0 Å². The molecule has 1 aromatic rings. The average molecular weight is 179 g/mol. The summed E-state index contributed by atoms with van der Waals surface area (Å²) in [5.74, 6) is 0.879. The molecule has 0 bridgehead atoms. The normalized spacial score (nSPS) is 12.5. The first-order valence-corrected chi connectivity index (χ1v) is 4.67. The molecule has 0 radical (unpaired) electrons. The Morgan fingerprint density at radius 3 is 2.85 bits per heavy atom. The number of hydrogen-bond donors (Lipinski definition) is 1. The fraction of sp³-hybridized carbons (Fsp3) is 0.455. The quantitative estimate of drug-likeness (QED) is 0.770. The number of nitrogens with two attached hydrogens (primary N) is 1. The highest BCUT2D eigenvalue weighted by Gasteiger charge is 2.04. The lowest BCUT2D eigenvalue weighted by atomic mass is 10.0. The minimum absolute atomic E-state index is 0.139. The summed E-state index contributed by atoms with van der Waals surface area (Å²) in [7, 11) is 1.67. The van der Waals surface area contributed by atoms with Crippen molar-refractivity contribution < 1.29 is 4.74 Å². The van der Waals surface area contributed by atoms with E-state index < -0.39 is 0 Å². The van der Waals surface area contributed by atoms with Crippen LogP contribution in [0, 0.1) is 0 Å². The number of hydrogen-bond acceptors (Lipinski definition) is 2. The van der Waals surface area contributed by atoms with Gasteiger partial charge in [0, 0.05) is 6.04 Å². The van der Waals surface area contributed by atoms with E-state index in [1.807, 2.05) is 24.3 Å². The molecule has 0 unspecified atom stereocenters. The van der Waals surface area contributed by atoms with Gasteiger partial charge >= 0.3 is 0 Å². The molecule has 0 spiro atoms. The second kappa shape index (κ2) is 4.87. The SMILES string of the molecule is CCC[C@H](N)c1cccc(OC)c1. The lowest BCUT2D eigenvalue weighted by Crippen LogP contribution is -2.09. The molecule has 1 rings (SSSR count). The van der Waals surface area contributed by atoms with Crippen LogP contribution in [0.15, 0.2) is 24.3 Å². The monoisotopic (exact) mass is 179 g/mol. The fourth-order valence-corrected chi connectivity index (χ4v) is 1.35. The number of methoxy groups -OCH3 is 1. The van der Waals surface area contributed by atoms with Crippen LogP contribution in [0.25, 0.3) is 0 Å². The smallest absolute Gasteiger partial charge is 0.119 e. The van der Waals surface area contributed by atoms with E-state index in [-0.39, 0.29) is 6.04 Å². The topological polar surface area (TPSA) is 35.2 Å². The van der Waals surface area contributed by atoms with Gasteiger partial charge in [0.1, 0.15) is 5.75 Å². The van der Waals surface area contributed by atoms with Gasteiger partial charge in [-0.15, -0.1) is 0 Å². The minimum Gasteiger partial charge on any atom is -0.497 e. The molecule has 0 amide bonds. The third-order valence-corrected chi connectivity index (χ3v) is 2.12. The van der Waals surface area contributed by atoms with E-state index in [1.165, 1.54) is 0 Å². The van der Waals surface area contributed by atoms with E-state index in [2.05, 4.69) is 6.92 Å². The summed E-state index contributed by atoms with van der Waals surface area (Å²) < 4.78 is 5.13. The summed E-state index contributed by atoms with van der Waals surface area (Å²) in [6.45, 7) is 2.14. The van der Waals surface area contributed by atoms with Crippen LogP contribution in [0.1, 0.15) is 31.4 Å². The van der Waals surface area contributed by atoms with Gasteiger partial charge in [0.25, 0.3) is 0 Å². The maximum Gasteiger partial charge on any atom is 0.119 e. The van der Waals surface area contributed by atoms with Crippen molar-refractivity contribution in [2.24, 2.45) is 5.73 Å². The zero-order valence-corrected chi connectivity index (χ0v) is 8.29. The molecule has 2 nitrogen and oxygen atoms in total. The molecule has 0 aromatic heterocycles. The zero-order valence-electron chi connectivity index (χ0n) is 8.29. The lowest BCUT2D eigenvalue weighted by Gasteiger charge is -2.11. The maximum absolute atomic E-state index is 5.97. The number of benzene rings is 1. The van der Waals surface area contributed by atoms with Gasteiger partial charge in [-0.05, 0) is 24.1 Å². The van der Waals surface area contributed by atoms with Gasteiger partial charge in [0.05, 0.1) is 7.11 Å². The first-order valence-electron chi connectivity index (χ1n) is 4.67. The molecular formula is C11H17NO. The van der Waals surface area contributed by atoms with E-state index >= 15 is 0 Å². The molecule has 2 N–H and O–H groups in total.